The first-order valence-corrected chi connectivity index (χ1v) is 12.7. The molecule has 0 saturated carbocycles. The average Bonchev–Trinajstić information content (AvgIpc) is 2.81. The van der Waals surface area contributed by atoms with E-state index in [0.29, 0.717) is 35.8 Å². The molecule has 2 aromatic rings. The van der Waals surface area contributed by atoms with Gasteiger partial charge in [-0.1, -0.05) is 0 Å². The molecule has 2 aromatic carbocycles. The molecule has 10 heteroatoms. The fourth-order valence-electron chi connectivity index (χ4n) is 4.29. The number of nitrogens with two attached hydrogens (primary N) is 1. The van der Waals surface area contributed by atoms with Crippen LogP contribution in [0.5, 0.6) is 17.2 Å². The number of rotatable bonds is 8. The number of carbonyl (C=O) groups excluding carboxylic acids is 2. The third-order valence-electron chi connectivity index (χ3n) is 6.40. The highest BCUT2D eigenvalue weighted by molar-refractivity contribution is 7.27. The minimum atomic E-state index is -0.537. The molecule has 1 fully saturated rings. The molecule has 0 radical (unpaired) electrons. The van der Waals surface area contributed by atoms with Gasteiger partial charge in [-0.25, -0.2) is 0 Å². The van der Waals surface area contributed by atoms with E-state index in [1.807, 2.05) is 11.8 Å². The summed E-state index contributed by atoms with van der Waals surface area (Å²) < 4.78 is 17.9. The number of likely N-dealkylation sites (tertiary alicyclic amines) is 1. The minimum absolute atomic E-state index is 0.0152. The van der Waals surface area contributed by atoms with Crippen LogP contribution >= 0.6 is 9.24 Å². The summed E-state index contributed by atoms with van der Waals surface area (Å²) in [6.07, 6.45) is 5.52. The van der Waals surface area contributed by atoms with Crippen LogP contribution in [0.4, 0.5) is 0 Å². The maximum atomic E-state index is 13.0. The van der Waals surface area contributed by atoms with E-state index in [2.05, 4.69) is 19.5 Å². The monoisotopic (exact) mass is 524 g/mol. The predicted molar refractivity (Wildman–Crippen MR) is 146 cm³/mol. The molecule has 2 unspecified atom stereocenters. The number of nitrogens with zero attached hydrogens (tertiary/aromatic N) is 2. The largest absolute Gasteiger partial charge is 0.485 e. The maximum Gasteiger partial charge on any atom is 0.279 e. The van der Waals surface area contributed by atoms with Crippen LogP contribution in [0.15, 0.2) is 47.6 Å². The van der Waals surface area contributed by atoms with Crippen LogP contribution < -0.4 is 25.8 Å². The molecule has 0 aliphatic carbocycles. The normalized spacial score (nSPS) is 19.1. The lowest BCUT2D eigenvalue weighted by Crippen LogP contribution is -2.43. The highest BCUT2D eigenvalue weighted by atomic mass is 31.0. The number of nitrogens with one attached hydrogen (secondary N) is 1. The number of methoxy groups -OCH3 is 1. The van der Waals surface area contributed by atoms with E-state index in [-0.39, 0.29) is 17.3 Å². The van der Waals surface area contributed by atoms with Crippen molar-refractivity contribution in [2.24, 2.45) is 10.7 Å². The van der Waals surface area contributed by atoms with E-state index in [0.717, 1.165) is 36.8 Å². The molecule has 1 saturated heterocycles. The van der Waals surface area contributed by atoms with Gasteiger partial charge in [0.25, 0.3) is 11.8 Å². The van der Waals surface area contributed by atoms with Gasteiger partial charge in [0.15, 0.2) is 0 Å². The van der Waals surface area contributed by atoms with Gasteiger partial charge in [0.05, 0.1) is 6.61 Å². The topological polar surface area (TPSA) is 115 Å². The molecule has 9 nitrogen and oxygen atoms in total. The van der Waals surface area contributed by atoms with E-state index in [1.54, 1.807) is 50.7 Å². The van der Waals surface area contributed by atoms with E-state index >= 15 is 0 Å². The lowest BCUT2D eigenvalue weighted by molar-refractivity contribution is -0.0108. The Bertz CT molecular complexity index is 1260. The van der Waals surface area contributed by atoms with Crippen LogP contribution in [0.2, 0.25) is 0 Å². The van der Waals surface area contributed by atoms with Gasteiger partial charge in [-0.05, 0) is 74.1 Å². The van der Waals surface area contributed by atoms with Crippen LogP contribution in [-0.2, 0) is 11.2 Å². The second kappa shape index (κ2) is 11.3. The standard InChI is InChI=1S/C27H33N4O5P/c1-27(16-34-3)9-7-19-21(13-17(14-22(19)36-27)25(32)30-24(28)8-10-29-2)35-18-5-6-20(23(37)15-18)26(33)31-11-4-12-31/h5-6,8,10,13-15,29H,4,7,9,11-12,16,37H2,1-3H3,(H2,28,30,32)/b10-8-. The summed E-state index contributed by atoms with van der Waals surface area (Å²) in [6.45, 7) is 3.95. The summed E-state index contributed by atoms with van der Waals surface area (Å²) >= 11 is 0. The highest BCUT2D eigenvalue weighted by Gasteiger charge is 2.34. The molecule has 4 rings (SSSR count). The number of aliphatic imine (C=N–C) groups is 1. The van der Waals surface area contributed by atoms with Crippen LogP contribution in [0.1, 0.15) is 46.0 Å². The van der Waals surface area contributed by atoms with E-state index in [4.69, 9.17) is 19.9 Å². The Labute approximate surface area is 219 Å². The molecular weight excluding hydrogens is 491 g/mol. The maximum absolute atomic E-state index is 13.0. The van der Waals surface area contributed by atoms with Crippen LogP contribution in [0.3, 0.4) is 0 Å². The Balaban J connectivity index is 1.67. The number of fused-ring (bicyclic) bond motifs is 1. The number of benzene rings is 2. The molecule has 196 valence electrons. The molecule has 2 aliphatic rings. The molecule has 0 aromatic heterocycles. The zero-order valence-electron chi connectivity index (χ0n) is 21.4. The second-order valence-electron chi connectivity index (χ2n) is 9.40. The van der Waals surface area contributed by atoms with Crippen molar-refractivity contribution in [3.05, 3.63) is 59.3 Å². The summed E-state index contributed by atoms with van der Waals surface area (Å²) in [5, 5.41) is 3.55. The molecule has 0 bridgehead atoms. The Hall–Kier alpha value is -3.42. The van der Waals surface area contributed by atoms with Crippen molar-refractivity contribution < 1.29 is 23.8 Å². The lowest BCUT2D eigenvalue weighted by Gasteiger charge is -2.36. The van der Waals surface area contributed by atoms with Gasteiger partial charge in [-0.15, -0.1) is 9.24 Å². The van der Waals surface area contributed by atoms with Crippen LogP contribution in [0, 0.1) is 0 Å². The third kappa shape index (κ3) is 6.12. The van der Waals surface area contributed by atoms with Crippen molar-refractivity contribution in [3.63, 3.8) is 0 Å². The Kier molecular flexibility index (Phi) is 8.15. The Morgan fingerprint density at radius 2 is 2.08 bits per heavy atom. The van der Waals surface area contributed by atoms with Crippen molar-refractivity contribution in [2.45, 2.75) is 31.8 Å². The summed E-state index contributed by atoms with van der Waals surface area (Å²) in [7, 11) is 5.97. The smallest absolute Gasteiger partial charge is 0.279 e. The van der Waals surface area contributed by atoms with Crippen LogP contribution in [0.25, 0.3) is 0 Å². The van der Waals surface area contributed by atoms with E-state index in [1.165, 1.54) is 6.08 Å². The van der Waals surface area contributed by atoms with E-state index < -0.39 is 11.5 Å². The zero-order valence-corrected chi connectivity index (χ0v) is 22.5. The molecule has 3 N–H and O–H groups in total. The van der Waals surface area contributed by atoms with Gasteiger partial charge in [-0.2, -0.15) is 4.99 Å². The molecular formula is C27H33N4O5P. The number of amides is 2. The fourth-order valence-corrected chi connectivity index (χ4v) is 4.67. The lowest BCUT2D eigenvalue weighted by atomic mass is 9.92. The van der Waals surface area contributed by atoms with Gasteiger partial charge < -0.3 is 30.2 Å². The SMILES string of the molecule is CN/C=C\C(N)=NC(=O)c1cc(Oc2ccc(C(=O)N3CCC3)c(P)c2)c2c(c1)OC(C)(COC)CC2. The van der Waals surface area contributed by atoms with E-state index in [9.17, 15) is 9.59 Å². The molecule has 2 aliphatic heterocycles. The minimum Gasteiger partial charge on any atom is -0.485 e. The number of amidine groups is 1. The van der Waals surface area contributed by atoms with Crippen LogP contribution in [-0.4, -0.2) is 62.0 Å². The molecule has 2 atom stereocenters. The van der Waals surface area contributed by atoms with Crippen molar-refractivity contribution in [2.75, 3.05) is 33.9 Å². The molecule has 0 spiro atoms. The summed E-state index contributed by atoms with van der Waals surface area (Å²) in [6, 6.07) is 8.66. The Morgan fingerprint density at radius 3 is 2.73 bits per heavy atom. The number of hydrogen-bond donors (Lipinski definition) is 2. The fraction of sp³-hybridized carbons (Fsp3) is 0.370. The average molecular weight is 525 g/mol. The first-order valence-electron chi connectivity index (χ1n) is 12.2. The first-order chi connectivity index (χ1) is 17.7. The molecule has 37 heavy (non-hydrogen) atoms. The summed E-state index contributed by atoms with van der Waals surface area (Å²) in [5.41, 5.74) is 7.08. The van der Waals surface area contributed by atoms with Gasteiger partial charge in [0.1, 0.15) is 28.7 Å². The third-order valence-corrected chi connectivity index (χ3v) is 6.88. The van der Waals surface area contributed by atoms with Crippen molar-refractivity contribution in [3.8, 4) is 17.2 Å². The van der Waals surface area contributed by atoms with Gasteiger partial charge in [0, 0.05) is 43.9 Å². The highest BCUT2D eigenvalue weighted by Crippen LogP contribution is 2.41. The molecule has 2 heterocycles. The second-order valence-corrected chi connectivity index (χ2v) is 10.0. The zero-order chi connectivity index (χ0) is 26.6. The van der Waals surface area contributed by atoms with Crippen molar-refractivity contribution in [1.29, 1.82) is 0 Å². The quantitative estimate of drug-likeness (QED) is 0.310. The number of carbonyl (C=O) groups is 2. The van der Waals surface area contributed by atoms with Crippen molar-refractivity contribution >= 4 is 32.2 Å². The summed E-state index contributed by atoms with van der Waals surface area (Å²) in [4.78, 5) is 31.4. The molecule has 2 amide bonds. The summed E-state index contributed by atoms with van der Waals surface area (Å²) in [5.74, 6) is 1.15. The van der Waals surface area contributed by atoms with Gasteiger partial charge in [-0.3, -0.25) is 9.59 Å². The number of ether oxygens (including phenoxy) is 3. The number of hydrogen-bond acceptors (Lipinski definition) is 6. The van der Waals surface area contributed by atoms with Gasteiger partial charge in [0.2, 0.25) is 0 Å². The Morgan fingerprint density at radius 1 is 1.30 bits per heavy atom. The van der Waals surface area contributed by atoms with Gasteiger partial charge >= 0.3 is 0 Å². The first kappa shape index (κ1) is 26.6. The predicted octanol–water partition coefficient (Wildman–Crippen LogP) is 2.79. The van der Waals surface area contributed by atoms with Crippen molar-refractivity contribution in [1.82, 2.24) is 10.2 Å².